The maximum absolute atomic E-state index is 13.3. The summed E-state index contributed by atoms with van der Waals surface area (Å²) >= 11 is 0. The number of methoxy groups -OCH3 is 1. The van der Waals surface area contributed by atoms with Crippen molar-refractivity contribution in [1.82, 2.24) is 9.97 Å². The molecule has 0 bridgehead atoms. The Labute approximate surface area is 180 Å². The van der Waals surface area contributed by atoms with E-state index in [0.717, 1.165) is 16.8 Å². The van der Waals surface area contributed by atoms with Gasteiger partial charge in [0.05, 0.1) is 18.5 Å². The van der Waals surface area contributed by atoms with Crippen molar-refractivity contribution in [3.05, 3.63) is 113 Å². The van der Waals surface area contributed by atoms with Gasteiger partial charge in [0.2, 0.25) is 5.95 Å². The molecule has 0 saturated carbocycles. The summed E-state index contributed by atoms with van der Waals surface area (Å²) in [6, 6.07) is 17.9. The molecule has 31 heavy (non-hydrogen) atoms. The van der Waals surface area contributed by atoms with Crippen LogP contribution in [0.4, 0.5) is 10.3 Å². The van der Waals surface area contributed by atoms with Crippen LogP contribution in [0, 0.1) is 11.2 Å². The van der Waals surface area contributed by atoms with Crippen LogP contribution < -0.4 is 5.32 Å². The minimum Gasteiger partial charge on any atom is -0.495 e. The van der Waals surface area contributed by atoms with Crippen molar-refractivity contribution >= 4 is 23.0 Å². The number of benzene rings is 2. The largest absolute Gasteiger partial charge is 0.495 e. The Morgan fingerprint density at radius 3 is 2.55 bits per heavy atom. The van der Waals surface area contributed by atoms with E-state index in [1.807, 2.05) is 48.6 Å². The van der Waals surface area contributed by atoms with Crippen LogP contribution in [0.5, 0.6) is 0 Å². The monoisotopic (exact) mass is 412 g/mol. The molecule has 5 nitrogen and oxygen atoms in total. The first kappa shape index (κ1) is 20.2. The third-order valence-electron chi connectivity index (χ3n) is 4.82. The van der Waals surface area contributed by atoms with Gasteiger partial charge in [-0.1, -0.05) is 36.4 Å². The molecule has 1 aliphatic carbocycles. The van der Waals surface area contributed by atoms with E-state index in [2.05, 4.69) is 15.3 Å². The smallest absolute Gasteiger partial charge is 0.223 e. The van der Waals surface area contributed by atoms with E-state index in [4.69, 9.17) is 10.1 Å². The van der Waals surface area contributed by atoms with Gasteiger partial charge in [0.25, 0.3) is 0 Å². The van der Waals surface area contributed by atoms with Crippen molar-refractivity contribution in [2.75, 3.05) is 12.4 Å². The first-order valence-electron chi connectivity index (χ1n) is 9.78. The third kappa shape index (κ3) is 4.75. The summed E-state index contributed by atoms with van der Waals surface area (Å²) < 4.78 is 18.9. The minimum atomic E-state index is -0.324. The maximum Gasteiger partial charge on any atom is 0.223 e. The molecule has 4 rings (SSSR count). The van der Waals surface area contributed by atoms with Crippen LogP contribution in [0.1, 0.15) is 16.8 Å². The molecular weight excluding hydrogens is 391 g/mol. The predicted octanol–water partition coefficient (Wildman–Crippen LogP) is 5.26. The second-order valence-electron chi connectivity index (χ2n) is 6.91. The second-order valence-corrected chi connectivity index (χ2v) is 6.91. The fourth-order valence-electron chi connectivity index (χ4n) is 3.26. The van der Waals surface area contributed by atoms with Crippen LogP contribution in [-0.4, -0.2) is 22.8 Å². The highest BCUT2D eigenvalue weighted by molar-refractivity contribution is 6.16. The average Bonchev–Trinajstić information content (AvgIpc) is 2.81. The molecule has 2 aromatic carbocycles. The molecule has 2 N–H and O–H groups in total. The Kier molecular flexibility index (Phi) is 5.98. The highest BCUT2D eigenvalue weighted by Crippen LogP contribution is 2.28. The number of aromatic nitrogens is 2. The molecular formula is C25H21FN4O. The molecule has 0 amide bonds. The Balaban J connectivity index is 1.64. The van der Waals surface area contributed by atoms with E-state index in [0.29, 0.717) is 35.1 Å². The fourth-order valence-corrected chi connectivity index (χ4v) is 3.26. The molecule has 0 atom stereocenters. The van der Waals surface area contributed by atoms with Crippen LogP contribution in [0.25, 0.3) is 11.3 Å². The summed E-state index contributed by atoms with van der Waals surface area (Å²) in [4.78, 5) is 8.92. The van der Waals surface area contributed by atoms with Crippen molar-refractivity contribution in [3.8, 4) is 0 Å². The van der Waals surface area contributed by atoms with E-state index in [9.17, 15) is 4.39 Å². The summed E-state index contributed by atoms with van der Waals surface area (Å²) in [6.45, 7) is 0.618. The van der Waals surface area contributed by atoms with Gasteiger partial charge in [-0.05, 0) is 48.0 Å². The van der Waals surface area contributed by atoms with Gasteiger partial charge in [0, 0.05) is 29.5 Å². The van der Waals surface area contributed by atoms with Gasteiger partial charge in [-0.25, -0.2) is 14.4 Å². The number of nitrogens with zero attached hydrogens (tertiary/aromatic N) is 2. The van der Waals surface area contributed by atoms with E-state index >= 15 is 0 Å². The lowest BCUT2D eigenvalue weighted by molar-refractivity contribution is 0.369. The summed E-state index contributed by atoms with van der Waals surface area (Å²) in [5.74, 6) is 0.700. The molecule has 1 aliphatic rings. The van der Waals surface area contributed by atoms with E-state index in [-0.39, 0.29) is 5.82 Å². The average molecular weight is 412 g/mol. The Bertz CT molecular complexity index is 1180. The van der Waals surface area contributed by atoms with Gasteiger partial charge < -0.3 is 15.5 Å². The fraction of sp³-hybridized carbons (Fsp3) is 0.0800. The molecule has 0 aliphatic heterocycles. The Morgan fingerprint density at radius 1 is 1.03 bits per heavy atom. The van der Waals surface area contributed by atoms with Crippen molar-refractivity contribution < 1.29 is 9.13 Å². The van der Waals surface area contributed by atoms with E-state index < -0.39 is 0 Å². The van der Waals surface area contributed by atoms with E-state index in [1.54, 1.807) is 31.5 Å². The lowest BCUT2D eigenvalue weighted by atomic mass is 9.95. The highest BCUT2D eigenvalue weighted by atomic mass is 19.1. The molecule has 0 radical (unpaired) electrons. The van der Waals surface area contributed by atoms with Gasteiger partial charge in [-0.15, -0.1) is 0 Å². The number of anilines is 1. The molecule has 1 aromatic heterocycles. The van der Waals surface area contributed by atoms with Crippen molar-refractivity contribution in [2.45, 2.75) is 6.54 Å². The molecule has 0 fully saturated rings. The number of hydrogen-bond donors (Lipinski definition) is 2. The van der Waals surface area contributed by atoms with Crippen molar-refractivity contribution in [3.63, 3.8) is 0 Å². The lowest BCUT2D eigenvalue weighted by Crippen LogP contribution is -2.08. The molecule has 6 heteroatoms. The third-order valence-corrected chi connectivity index (χ3v) is 4.82. The Hall–Kier alpha value is -4.06. The molecule has 154 valence electrons. The highest BCUT2D eigenvalue weighted by Gasteiger charge is 2.17. The zero-order chi connectivity index (χ0) is 21.6. The van der Waals surface area contributed by atoms with Crippen molar-refractivity contribution in [2.24, 2.45) is 0 Å². The number of rotatable bonds is 6. The molecule has 3 aromatic rings. The quantitative estimate of drug-likeness (QED) is 0.542. The van der Waals surface area contributed by atoms with Crippen LogP contribution in [0.3, 0.4) is 0 Å². The number of halogens is 1. The standard InChI is InChI=1S/C25H21FN4O/c1-31-24(18-7-10-20(26)11-8-18)21-15-19(9-12-22(21)27)23-13-14-28-25(30-23)29-16-17-5-3-2-4-6-17/h2-15,27H,16H2,1H3,(H,28,29,30)/b24-21-,27-22?. The summed E-state index contributed by atoms with van der Waals surface area (Å²) in [6.07, 6.45) is 7.10. The summed E-state index contributed by atoms with van der Waals surface area (Å²) in [5.41, 5.74) is 4.29. The predicted molar refractivity (Wildman–Crippen MR) is 121 cm³/mol. The molecule has 0 unspecified atom stereocenters. The maximum atomic E-state index is 13.3. The van der Waals surface area contributed by atoms with Gasteiger partial charge >= 0.3 is 0 Å². The normalized spacial score (nSPS) is 14.8. The first-order valence-corrected chi connectivity index (χ1v) is 9.78. The number of hydrogen-bond acceptors (Lipinski definition) is 5. The van der Waals surface area contributed by atoms with Gasteiger partial charge in [0.15, 0.2) is 0 Å². The first-order chi connectivity index (χ1) is 15.1. The number of nitrogens with one attached hydrogen (secondary N) is 2. The molecule has 1 heterocycles. The van der Waals surface area contributed by atoms with Crippen LogP contribution >= 0.6 is 0 Å². The van der Waals surface area contributed by atoms with Crippen LogP contribution in [0.15, 0.2) is 90.7 Å². The molecule has 0 saturated heterocycles. The minimum absolute atomic E-state index is 0.307. The van der Waals surface area contributed by atoms with Crippen LogP contribution in [-0.2, 0) is 11.3 Å². The Morgan fingerprint density at radius 2 is 1.81 bits per heavy atom. The van der Waals surface area contributed by atoms with Gasteiger partial charge in [-0.3, -0.25) is 0 Å². The zero-order valence-electron chi connectivity index (χ0n) is 17.0. The van der Waals surface area contributed by atoms with E-state index in [1.165, 1.54) is 12.1 Å². The summed E-state index contributed by atoms with van der Waals surface area (Å²) in [7, 11) is 1.54. The SMILES string of the molecule is CO/C(=C1/C=C(c2ccnc(NCc3ccccc3)n2)C=CC1=N)c1ccc(F)cc1. The van der Waals surface area contributed by atoms with Gasteiger partial charge in [0.1, 0.15) is 11.6 Å². The van der Waals surface area contributed by atoms with Gasteiger partial charge in [-0.2, -0.15) is 0 Å². The number of allylic oxidation sites excluding steroid dienone is 5. The van der Waals surface area contributed by atoms with Crippen LogP contribution in [0.2, 0.25) is 0 Å². The second kappa shape index (κ2) is 9.17. The number of ether oxygens (including phenoxy) is 1. The summed E-state index contributed by atoms with van der Waals surface area (Å²) in [5, 5.41) is 11.6. The molecule has 0 spiro atoms. The lowest BCUT2D eigenvalue weighted by Gasteiger charge is -2.16. The van der Waals surface area contributed by atoms with Crippen molar-refractivity contribution in [1.29, 1.82) is 5.41 Å². The zero-order valence-corrected chi connectivity index (χ0v) is 17.0. The topological polar surface area (TPSA) is 70.9 Å².